The molecule has 0 saturated heterocycles. The van der Waals surface area contributed by atoms with Gasteiger partial charge in [0.2, 0.25) is 5.91 Å². The van der Waals surface area contributed by atoms with Crippen molar-refractivity contribution in [3.63, 3.8) is 0 Å². The molecule has 6 heteroatoms. The summed E-state index contributed by atoms with van der Waals surface area (Å²) in [6, 6.07) is 15.7. The van der Waals surface area contributed by atoms with Crippen molar-refractivity contribution in [2.45, 2.75) is 24.8 Å². The lowest BCUT2D eigenvalue weighted by Crippen LogP contribution is -2.33. The number of nitrogens with zero attached hydrogens (tertiary/aromatic N) is 2. The summed E-state index contributed by atoms with van der Waals surface area (Å²) < 4.78 is 1.36. The third kappa shape index (κ3) is 4.52. The predicted octanol–water partition coefficient (Wildman–Crippen LogP) is 3.00. The molecular weight excluding hydrogens is 346 g/mol. The first kappa shape index (κ1) is 18.2. The molecule has 0 radical (unpaired) electrons. The normalized spacial score (nSPS) is 10.8. The van der Waals surface area contributed by atoms with Gasteiger partial charge < -0.3 is 5.32 Å². The van der Waals surface area contributed by atoms with Crippen molar-refractivity contribution < 1.29 is 4.79 Å². The van der Waals surface area contributed by atoms with Crippen molar-refractivity contribution in [3.05, 3.63) is 70.8 Å². The molecule has 134 valence electrons. The minimum Gasteiger partial charge on any atom is -0.355 e. The molecule has 1 amide bonds. The minimum absolute atomic E-state index is 0.0124. The van der Waals surface area contributed by atoms with Crippen LogP contribution in [0.5, 0.6) is 0 Å². The fraction of sp³-hybridized carbons (Fsp3) is 0.250. The first-order chi connectivity index (χ1) is 12.6. The Bertz CT molecular complexity index is 954. The van der Waals surface area contributed by atoms with E-state index in [2.05, 4.69) is 22.4 Å². The van der Waals surface area contributed by atoms with E-state index >= 15 is 0 Å². The molecule has 0 spiro atoms. The van der Waals surface area contributed by atoms with E-state index in [1.807, 2.05) is 37.3 Å². The summed E-state index contributed by atoms with van der Waals surface area (Å²) in [5, 5.41) is 3.41. The van der Waals surface area contributed by atoms with Crippen LogP contribution in [-0.4, -0.2) is 27.8 Å². The molecule has 3 aromatic rings. The number of rotatable bonds is 7. The number of amides is 1. The van der Waals surface area contributed by atoms with Gasteiger partial charge in [0, 0.05) is 11.4 Å². The van der Waals surface area contributed by atoms with Crippen LogP contribution in [0.25, 0.3) is 10.9 Å². The molecular formula is C20H21N3O2S. The number of carbonyl (C=O) groups is 1. The lowest BCUT2D eigenvalue weighted by atomic mass is 10.1. The second-order valence-electron chi connectivity index (χ2n) is 6.01. The third-order valence-corrected chi connectivity index (χ3v) is 5.12. The van der Waals surface area contributed by atoms with Crippen LogP contribution in [0.1, 0.15) is 12.0 Å². The summed E-state index contributed by atoms with van der Waals surface area (Å²) in [4.78, 5) is 30.1. The fourth-order valence-corrected chi connectivity index (χ4v) is 3.54. The first-order valence-electron chi connectivity index (χ1n) is 8.54. The molecule has 1 aromatic heterocycles. The second-order valence-corrected chi connectivity index (χ2v) is 7.18. The molecule has 5 nitrogen and oxygen atoms in total. The zero-order chi connectivity index (χ0) is 18.4. The number of aryl methyl sites for hydroxylation is 1. The van der Waals surface area contributed by atoms with Gasteiger partial charge in [-0.15, -0.1) is 11.8 Å². The molecule has 0 fully saturated rings. The Morgan fingerprint density at radius 2 is 1.96 bits per heavy atom. The standard InChI is InChI=1S/C20H21N3O2S/c1-15-7-5-10-17-19(15)22-14-23(20(17)25)13-18(24)21-11-6-12-26-16-8-3-2-4-9-16/h2-5,7-10,14H,6,11-13H2,1H3,(H,21,24). The zero-order valence-corrected chi connectivity index (χ0v) is 15.5. The maximum atomic E-state index is 12.5. The van der Waals surface area contributed by atoms with Gasteiger partial charge in [-0.2, -0.15) is 0 Å². The van der Waals surface area contributed by atoms with Crippen LogP contribution in [0.4, 0.5) is 0 Å². The Hall–Kier alpha value is -2.60. The lowest BCUT2D eigenvalue weighted by molar-refractivity contribution is -0.121. The van der Waals surface area contributed by atoms with Crippen molar-refractivity contribution >= 4 is 28.6 Å². The Balaban J connectivity index is 1.50. The molecule has 0 aliphatic carbocycles. The highest BCUT2D eigenvalue weighted by Crippen LogP contribution is 2.17. The monoisotopic (exact) mass is 367 g/mol. The number of thioether (sulfide) groups is 1. The van der Waals surface area contributed by atoms with Gasteiger partial charge in [0.05, 0.1) is 17.2 Å². The van der Waals surface area contributed by atoms with E-state index in [-0.39, 0.29) is 18.0 Å². The van der Waals surface area contributed by atoms with Gasteiger partial charge >= 0.3 is 0 Å². The molecule has 0 saturated carbocycles. The number of fused-ring (bicyclic) bond motifs is 1. The van der Waals surface area contributed by atoms with Crippen molar-refractivity contribution in [1.82, 2.24) is 14.9 Å². The van der Waals surface area contributed by atoms with Crippen molar-refractivity contribution in [2.24, 2.45) is 0 Å². The van der Waals surface area contributed by atoms with E-state index < -0.39 is 0 Å². The van der Waals surface area contributed by atoms with Crippen LogP contribution >= 0.6 is 11.8 Å². The van der Waals surface area contributed by atoms with Gasteiger partial charge in [0.25, 0.3) is 5.56 Å². The Labute approximate surface area is 156 Å². The summed E-state index contributed by atoms with van der Waals surface area (Å²) in [5.74, 6) is 0.756. The van der Waals surface area contributed by atoms with Crippen LogP contribution in [0.3, 0.4) is 0 Å². The smallest absolute Gasteiger partial charge is 0.261 e. The highest BCUT2D eigenvalue weighted by molar-refractivity contribution is 7.99. The molecule has 0 bridgehead atoms. The van der Waals surface area contributed by atoms with Crippen molar-refractivity contribution in [3.8, 4) is 0 Å². The maximum Gasteiger partial charge on any atom is 0.261 e. The van der Waals surface area contributed by atoms with Crippen LogP contribution in [0.15, 0.2) is 64.5 Å². The number of hydrogen-bond acceptors (Lipinski definition) is 4. The Morgan fingerprint density at radius 3 is 2.77 bits per heavy atom. The number of benzene rings is 2. The van der Waals surface area contributed by atoms with Crippen LogP contribution in [-0.2, 0) is 11.3 Å². The molecule has 0 unspecified atom stereocenters. The molecule has 2 aromatic carbocycles. The third-order valence-electron chi connectivity index (χ3n) is 4.02. The summed E-state index contributed by atoms with van der Waals surface area (Å²) in [5.41, 5.74) is 1.45. The number of aromatic nitrogens is 2. The second kappa shape index (κ2) is 8.67. The Kier molecular flexibility index (Phi) is 6.07. The predicted molar refractivity (Wildman–Crippen MR) is 106 cm³/mol. The number of hydrogen-bond donors (Lipinski definition) is 1. The SMILES string of the molecule is Cc1cccc2c(=O)n(CC(=O)NCCCSc3ccccc3)cnc12. The van der Waals surface area contributed by atoms with Crippen LogP contribution in [0.2, 0.25) is 0 Å². The molecule has 1 N–H and O–H groups in total. The highest BCUT2D eigenvalue weighted by atomic mass is 32.2. The van der Waals surface area contributed by atoms with E-state index in [0.29, 0.717) is 17.4 Å². The maximum absolute atomic E-state index is 12.5. The zero-order valence-electron chi connectivity index (χ0n) is 14.6. The van der Waals surface area contributed by atoms with Gasteiger partial charge in [-0.3, -0.25) is 14.2 Å². The van der Waals surface area contributed by atoms with Gasteiger partial charge in [-0.05, 0) is 42.9 Å². The average Bonchev–Trinajstić information content (AvgIpc) is 2.65. The quantitative estimate of drug-likeness (QED) is 0.515. The number of nitrogens with one attached hydrogen (secondary N) is 1. The molecule has 0 atom stereocenters. The van der Waals surface area contributed by atoms with Gasteiger partial charge in [0.1, 0.15) is 6.54 Å². The van der Waals surface area contributed by atoms with E-state index in [9.17, 15) is 9.59 Å². The summed E-state index contributed by atoms with van der Waals surface area (Å²) in [7, 11) is 0. The average molecular weight is 367 g/mol. The van der Waals surface area contributed by atoms with Gasteiger partial charge in [-0.25, -0.2) is 4.98 Å². The first-order valence-corrected chi connectivity index (χ1v) is 9.53. The molecule has 1 heterocycles. The number of carbonyl (C=O) groups excluding carboxylic acids is 1. The van der Waals surface area contributed by atoms with Gasteiger partial charge in [-0.1, -0.05) is 30.3 Å². The van der Waals surface area contributed by atoms with Crippen LogP contribution in [0, 0.1) is 6.92 Å². The fourth-order valence-electron chi connectivity index (χ4n) is 2.67. The summed E-state index contributed by atoms with van der Waals surface area (Å²) in [6.45, 7) is 2.49. The molecule has 3 rings (SSSR count). The Morgan fingerprint density at radius 1 is 1.15 bits per heavy atom. The molecule has 0 aliphatic rings. The van der Waals surface area contributed by atoms with Crippen molar-refractivity contribution in [2.75, 3.05) is 12.3 Å². The number of para-hydroxylation sites is 1. The summed E-state index contributed by atoms with van der Waals surface area (Å²) in [6.07, 6.45) is 2.32. The topological polar surface area (TPSA) is 64.0 Å². The summed E-state index contributed by atoms with van der Waals surface area (Å²) >= 11 is 1.76. The minimum atomic E-state index is -0.187. The molecule has 26 heavy (non-hydrogen) atoms. The van der Waals surface area contributed by atoms with E-state index in [4.69, 9.17) is 0 Å². The van der Waals surface area contributed by atoms with Gasteiger partial charge in [0.15, 0.2) is 0 Å². The van der Waals surface area contributed by atoms with Crippen LogP contribution < -0.4 is 10.9 Å². The highest BCUT2D eigenvalue weighted by Gasteiger charge is 2.08. The molecule has 0 aliphatic heterocycles. The lowest BCUT2D eigenvalue weighted by Gasteiger charge is -2.09. The van der Waals surface area contributed by atoms with E-state index in [1.165, 1.54) is 15.8 Å². The largest absolute Gasteiger partial charge is 0.355 e. The van der Waals surface area contributed by atoms with E-state index in [1.54, 1.807) is 17.8 Å². The van der Waals surface area contributed by atoms with Crippen molar-refractivity contribution in [1.29, 1.82) is 0 Å². The van der Waals surface area contributed by atoms with E-state index in [0.717, 1.165) is 17.7 Å².